The Morgan fingerprint density at radius 1 is 1.06 bits per heavy atom. The van der Waals surface area contributed by atoms with Gasteiger partial charge in [0.2, 0.25) is 5.91 Å². The largest absolute Gasteiger partial charge is 0.416 e. The predicted molar refractivity (Wildman–Crippen MR) is 128 cm³/mol. The second-order valence-electron chi connectivity index (χ2n) is 10.3. The van der Waals surface area contributed by atoms with E-state index < -0.39 is 11.7 Å². The van der Waals surface area contributed by atoms with Crippen molar-refractivity contribution in [3.63, 3.8) is 0 Å². The third kappa shape index (κ3) is 5.00. The number of piperidine rings is 1. The van der Waals surface area contributed by atoms with Gasteiger partial charge in [0.25, 0.3) is 5.91 Å². The minimum absolute atomic E-state index is 0.00483. The van der Waals surface area contributed by atoms with Crippen molar-refractivity contribution in [3.05, 3.63) is 46.8 Å². The number of nitrogens with one attached hydrogen (secondary N) is 1. The highest BCUT2D eigenvalue weighted by molar-refractivity contribution is 5.97. The Bertz CT molecular complexity index is 1150. The summed E-state index contributed by atoms with van der Waals surface area (Å²) < 4.78 is 41.5. The molecule has 1 aliphatic carbocycles. The van der Waals surface area contributed by atoms with E-state index in [4.69, 9.17) is 0 Å². The molecule has 2 aliphatic heterocycles. The second-order valence-corrected chi connectivity index (χ2v) is 10.3. The molecule has 0 radical (unpaired) electrons. The Hall–Kier alpha value is -2.88. The lowest BCUT2D eigenvalue weighted by Crippen LogP contribution is -2.47. The summed E-state index contributed by atoms with van der Waals surface area (Å²) in [6, 6.07) is 5.70. The van der Waals surface area contributed by atoms with Crippen LogP contribution in [0.5, 0.6) is 0 Å². The summed E-state index contributed by atoms with van der Waals surface area (Å²) in [5, 5.41) is 7.55. The molecule has 3 fully saturated rings. The first kappa shape index (κ1) is 24.8. The summed E-state index contributed by atoms with van der Waals surface area (Å²) in [5.74, 6) is 0.0472. The molecular formula is C26H32F3N5O2. The fourth-order valence-electron chi connectivity index (χ4n) is 5.67. The number of hydrogen-bond donors (Lipinski definition) is 1. The summed E-state index contributed by atoms with van der Waals surface area (Å²) in [7, 11) is 0. The number of amides is 2. The number of aromatic nitrogens is 2. The van der Waals surface area contributed by atoms with Gasteiger partial charge in [-0.2, -0.15) is 18.3 Å². The highest BCUT2D eigenvalue weighted by atomic mass is 19.4. The molecule has 3 aliphatic rings. The van der Waals surface area contributed by atoms with Crippen molar-refractivity contribution in [1.82, 2.24) is 24.9 Å². The van der Waals surface area contributed by atoms with Gasteiger partial charge in [0, 0.05) is 51.1 Å². The average molecular weight is 504 g/mol. The molecule has 1 saturated carbocycles. The van der Waals surface area contributed by atoms with Crippen molar-refractivity contribution in [2.75, 3.05) is 26.2 Å². The number of hydrogen-bond acceptors (Lipinski definition) is 4. The fourth-order valence-corrected chi connectivity index (χ4v) is 5.67. The number of alkyl halides is 3. The van der Waals surface area contributed by atoms with Crippen molar-refractivity contribution in [2.45, 2.75) is 70.1 Å². The van der Waals surface area contributed by atoms with E-state index in [0.29, 0.717) is 36.1 Å². The number of likely N-dealkylation sites (tertiary alicyclic amines) is 2. The summed E-state index contributed by atoms with van der Waals surface area (Å²) in [5.41, 5.74) is 1.43. The summed E-state index contributed by atoms with van der Waals surface area (Å²) >= 11 is 0. The van der Waals surface area contributed by atoms with Crippen molar-refractivity contribution in [2.24, 2.45) is 0 Å². The van der Waals surface area contributed by atoms with Gasteiger partial charge in [-0.05, 0) is 57.2 Å². The van der Waals surface area contributed by atoms with E-state index in [1.807, 2.05) is 4.90 Å². The average Bonchev–Trinajstić information content (AvgIpc) is 3.47. The Labute approximate surface area is 208 Å². The van der Waals surface area contributed by atoms with Gasteiger partial charge < -0.3 is 10.2 Å². The van der Waals surface area contributed by atoms with Gasteiger partial charge in [-0.15, -0.1) is 0 Å². The molecule has 5 rings (SSSR count). The molecule has 7 nitrogen and oxygen atoms in total. The van der Waals surface area contributed by atoms with E-state index in [1.54, 1.807) is 24.6 Å². The molecule has 1 N–H and O–H groups in total. The van der Waals surface area contributed by atoms with Crippen molar-refractivity contribution in [3.8, 4) is 5.69 Å². The molecule has 1 atom stereocenters. The topological polar surface area (TPSA) is 70.5 Å². The maximum absolute atomic E-state index is 13.7. The van der Waals surface area contributed by atoms with Crippen LogP contribution in [0.25, 0.3) is 5.69 Å². The summed E-state index contributed by atoms with van der Waals surface area (Å²) in [4.78, 5) is 29.3. The summed E-state index contributed by atoms with van der Waals surface area (Å²) in [6.07, 6.45) is 0.0137. The van der Waals surface area contributed by atoms with Gasteiger partial charge >= 0.3 is 6.18 Å². The van der Waals surface area contributed by atoms with Gasteiger partial charge in [0.15, 0.2) is 0 Å². The Morgan fingerprint density at radius 3 is 2.42 bits per heavy atom. The van der Waals surface area contributed by atoms with E-state index in [1.165, 1.54) is 6.07 Å². The number of nitrogens with zero attached hydrogens (tertiary/aromatic N) is 4. The molecule has 10 heteroatoms. The van der Waals surface area contributed by atoms with E-state index in [0.717, 1.165) is 63.0 Å². The van der Waals surface area contributed by atoms with Crippen LogP contribution >= 0.6 is 0 Å². The van der Waals surface area contributed by atoms with Crippen LogP contribution in [-0.4, -0.2) is 69.7 Å². The van der Waals surface area contributed by atoms with Crippen molar-refractivity contribution >= 4 is 11.8 Å². The third-order valence-corrected chi connectivity index (χ3v) is 7.59. The number of carbonyl (C=O) groups excluding carboxylic acids is 2. The standard InChI is InChI=1S/C26H32F3N5O2/c1-16-23(24(18-6-7-18)34(31-16)22-5-3-4-19(14-22)26(27,28)29)25(36)32-12-9-21(10-13-32)33-11-8-20(15-33)30-17(2)35/h3-5,14,18,20-21H,6-13,15H2,1-2H3,(H,30,35)/t20-/m0/s1. The van der Waals surface area contributed by atoms with Gasteiger partial charge in [0.05, 0.1) is 28.2 Å². The fraction of sp³-hybridized carbons (Fsp3) is 0.577. The van der Waals surface area contributed by atoms with Crippen LogP contribution in [0.4, 0.5) is 13.2 Å². The maximum Gasteiger partial charge on any atom is 0.416 e. The van der Waals surface area contributed by atoms with E-state index in [2.05, 4.69) is 15.3 Å². The quantitative estimate of drug-likeness (QED) is 0.672. The highest BCUT2D eigenvalue weighted by Gasteiger charge is 2.38. The molecule has 2 aromatic rings. The third-order valence-electron chi connectivity index (χ3n) is 7.59. The number of aryl methyl sites for hydroxylation is 1. The van der Waals surface area contributed by atoms with Crippen LogP contribution < -0.4 is 5.32 Å². The smallest absolute Gasteiger partial charge is 0.352 e. The Kier molecular flexibility index (Phi) is 6.57. The van der Waals surface area contributed by atoms with Crippen molar-refractivity contribution < 1.29 is 22.8 Å². The van der Waals surface area contributed by atoms with E-state index in [-0.39, 0.29) is 23.8 Å². The molecule has 2 saturated heterocycles. The zero-order chi connectivity index (χ0) is 25.6. The van der Waals surface area contributed by atoms with Gasteiger partial charge in [0.1, 0.15) is 0 Å². The van der Waals surface area contributed by atoms with E-state index >= 15 is 0 Å². The molecule has 0 bridgehead atoms. The monoisotopic (exact) mass is 503 g/mol. The molecule has 1 aromatic carbocycles. The molecule has 2 amide bonds. The molecular weight excluding hydrogens is 471 g/mol. The Morgan fingerprint density at radius 2 is 1.78 bits per heavy atom. The first-order valence-corrected chi connectivity index (χ1v) is 12.7. The predicted octanol–water partition coefficient (Wildman–Crippen LogP) is 3.89. The molecule has 3 heterocycles. The van der Waals surface area contributed by atoms with Gasteiger partial charge in [-0.25, -0.2) is 4.68 Å². The zero-order valence-corrected chi connectivity index (χ0v) is 20.6. The second kappa shape index (κ2) is 9.53. The highest BCUT2D eigenvalue weighted by Crippen LogP contribution is 2.44. The molecule has 0 unspecified atom stereocenters. The van der Waals surface area contributed by atoms with Crippen LogP contribution in [0.3, 0.4) is 0 Å². The maximum atomic E-state index is 13.7. The first-order valence-electron chi connectivity index (χ1n) is 12.7. The van der Waals surface area contributed by atoms with E-state index in [9.17, 15) is 22.8 Å². The molecule has 194 valence electrons. The summed E-state index contributed by atoms with van der Waals surface area (Å²) in [6.45, 7) is 6.35. The molecule has 36 heavy (non-hydrogen) atoms. The van der Waals surface area contributed by atoms with Crippen LogP contribution in [0, 0.1) is 6.92 Å². The number of benzene rings is 1. The van der Waals surface area contributed by atoms with Gasteiger partial charge in [-0.1, -0.05) is 6.07 Å². The van der Waals surface area contributed by atoms with Crippen molar-refractivity contribution in [1.29, 1.82) is 0 Å². The van der Waals surface area contributed by atoms with Crippen LogP contribution in [-0.2, 0) is 11.0 Å². The lowest BCUT2D eigenvalue weighted by atomic mass is 10.0. The minimum Gasteiger partial charge on any atom is -0.352 e. The Balaban J connectivity index is 1.32. The molecule has 1 aromatic heterocycles. The van der Waals surface area contributed by atoms with Crippen LogP contribution in [0.15, 0.2) is 24.3 Å². The number of halogens is 3. The number of carbonyl (C=O) groups is 2. The SMILES string of the molecule is CC(=O)N[C@H]1CCN(C2CCN(C(=O)c3c(C)nn(-c4cccc(C(F)(F)F)c4)c3C3CC3)CC2)C1. The number of rotatable bonds is 5. The lowest BCUT2D eigenvalue weighted by Gasteiger charge is -2.37. The molecule has 0 spiro atoms. The minimum atomic E-state index is -4.45. The van der Waals surface area contributed by atoms with Crippen LogP contribution in [0.1, 0.15) is 72.3 Å². The lowest BCUT2D eigenvalue weighted by molar-refractivity contribution is -0.137. The van der Waals surface area contributed by atoms with Crippen LogP contribution in [0.2, 0.25) is 0 Å². The van der Waals surface area contributed by atoms with Gasteiger partial charge in [-0.3, -0.25) is 14.5 Å². The first-order chi connectivity index (χ1) is 17.1. The zero-order valence-electron chi connectivity index (χ0n) is 20.6. The normalized spacial score (nSPS) is 21.7.